The van der Waals surface area contributed by atoms with E-state index in [-0.39, 0.29) is 22.7 Å². The Balaban J connectivity index is 0.000000148. The zero-order chi connectivity index (χ0) is 27.9. The Morgan fingerprint density at radius 3 is 2.40 bits per heavy atom. The Bertz CT molecular complexity index is 1380. The van der Waals surface area contributed by atoms with Crippen LogP contribution < -0.4 is 4.74 Å². The second kappa shape index (κ2) is 10.8. The fourth-order valence-electron chi connectivity index (χ4n) is 6.72. The molecule has 1 aliphatic carbocycles. The first-order valence-corrected chi connectivity index (χ1v) is 15.3. The van der Waals surface area contributed by atoms with Gasteiger partial charge >= 0.3 is 0 Å². The highest BCUT2D eigenvalue weighted by atomic mass is 32.1. The van der Waals surface area contributed by atoms with Crippen LogP contribution in [0.1, 0.15) is 60.7 Å². The lowest BCUT2D eigenvalue weighted by Crippen LogP contribution is -2.60. The Morgan fingerprint density at radius 1 is 1.02 bits per heavy atom. The monoisotopic (exact) mass is 561 g/mol. The summed E-state index contributed by atoms with van der Waals surface area (Å²) in [6.07, 6.45) is 5.91. The molecule has 1 aromatic heterocycles. The van der Waals surface area contributed by atoms with Gasteiger partial charge in [-0.2, -0.15) is 0 Å². The number of carbonyl (C=O) groups is 2. The third-order valence-electron chi connectivity index (χ3n) is 9.34. The average molecular weight is 562 g/mol. The van der Waals surface area contributed by atoms with Gasteiger partial charge in [-0.3, -0.25) is 14.6 Å². The van der Waals surface area contributed by atoms with E-state index in [2.05, 4.69) is 49.2 Å². The molecule has 3 aliphatic heterocycles. The predicted octanol–water partition coefficient (Wildman–Crippen LogP) is 5.61. The van der Waals surface area contributed by atoms with Crippen LogP contribution in [0.4, 0.5) is 0 Å². The number of hydrogen-bond donors (Lipinski definition) is 0. The number of nitrogens with zero attached hydrogens (tertiary/aromatic N) is 3. The Kier molecular flexibility index (Phi) is 7.34. The van der Waals surface area contributed by atoms with E-state index in [0.717, 1.165) is 70.8 Å². The molecule has 2 amide bonds. The molecule has 3 aromatic rings. The predicted molar refractivity (Wildman–Crippen MR) is 157 cm³/mol. The van der Waals surface area contributed by atoms with E-state index in [0.29, 0.717) is 16.7 Å². The van der Waals surface area contributed by atoms with Crippen LogP contribution in [0.25, 0.3) is 10.8 Å². The van der Waals surface area contributed by atoms with Crippen LogP contribution in [-0.2, 0) is 9.53 Å². The van der Waals surface area contributed by atoms with Crippen LogP contribution >= 0.6 is 11.3 Å². The van der Waals surface area contributed by atoms with Crippen LogP contribution in [0.3, 0.4) is 0 Å². The molecule has 4 fully saturated rings. The molecule has 4 aliphatic rings. The van der Waals surface area contributed by atoms with Gasteiger partial charge in [0, 0.05) is 56.1 Å². The quantitative estimate of drug-likeness (QED) is 0.414. The van der Waals surface area contributed by atoms with Crippen molar-refractivity contribution < 1.29 is 19.1 Å². The van der Waals surface area contributed by atoms with Crippen LogP contribution in [0.5, 0.6) is 5.75 Å². The summed E-state index contributed by atoms with van der Waals surface area (Å²) in [7, 11) is 1.73. The molecule has 0 radical (unpaired) electrons. The molecule has 1 saturated carbocycles. The number of rotatable bonds is 4. The molecule has 8 heteroatoms. The summed E-state index contributed by atoms with van der Waals surface area (Å²) in [4.78, 5) is 33.4. The van der Waals surface area contributed by atoms with Gasteiger partial charge < -0.3 is 19.3 Å². The number of hydrogen-bond acceptors (Lipinski definition) is 6. The van der Waals surface area contributed by atoms with Gasteiger partial charge in [-0.25, -0.2) is 0 Å². The van der Waals surface area contributed by atoms with Crippen molar-refractivity contribution in [3.63, 3.8) is 0 Å². The molecule has 0 bridgehead atoms. The van der Waals surface area contributed by atoms with E-state index < -0.39 is 0 Å². The van der Waals surface area contributed by atoms with E-state index in [4.69, 9.17) is 9.47 Å². The minimum Gasteiger partial charge on any atom is -0.496 e. The van der Waals surface area contributed by atoms with Crippen molar-refractivity contribution in [1.82, 2.24) is 14.8 Å². The maximum Gasteiger partial charge on any atom is 0.265 e. The van der Waals surface area contributed by atoms with Gasteiger partial charge in [-0.05, 0) is 54.0 Å². The zero-order valence-corrected chi connectivity index (χ0v) is 24.5. The summed E-state index contributed by atoms with van der Waals surface area (Å²) >= 11 is 1.39. The lowest BCUT2D eigenvalue weighted by Gasteiger charge is -2.48. The second-order valence-electron chi connectivity index (χ2n) is 12.6. The summed E-state index contributed by atoms with van der Waals surface area (Å²) in [6, 6.07) is 12.8. The number of ether oxygens (including phenoxy) is 2. The lowest BCUT2D eigenvalue weighted by atomic mass is 9.78. The van der Waals surface area contributed by atoms with Gasteiger partial charge in [0.25, 0.3) is 5.91 Å². The van der Waals surface area contributed by atoms with Crippen molar-refractivity contribution >= 4 is 33.9 Å². The molecule has 4 heterocycles. The van der Waals surface area contributed by atoms with Crippen LogP contribution in [0.15, 0.2) is 48.1 Å². The van der Waals surface area contributed by atoms with Gasteiger partial charge in [0.05, 0.1) is 18.8 Å². The summed E-state index contributed by atoms with van der Waals surface area (Å²) in [5, 5.41) is 2.53. The molecule has 1 unspecified atom stereocenters. The van der Waals surface area contributed by atoms with Crippen LogP contribution in [0, 0.1) is 16.7 Å². The molecular formula is C32H39N3O4S. The normalized spacial score (nSPS) is 22.9. The first kappa shape index (κ1) is 27.2. The maximum absolute atomic E-state index is 12.4. The number of thiazole rings is 1. The molecule has 0 N–H and O–H groups in total. The fraction of sp³-hybridized carbons (Fsp3) is 0.531. The summed E-state index contributed by atoms with van der Waals surface area (Å²) in [5.74, 6) is 2.22. The number of carbonyl (C=O) groups excluding carboxylic acids is 2. The number of methoxy groups -OCH3 is 1. The zero-order valence-electron chi connectivity index (χ0n) is 23.7. The van der Waals surface area contributed by atoms with Gasteiger partial charge in [-0.1, -0.05) is 44.2 Å². The first-order chi connectivity index (χ1) is 19.3. The van der Waals surface area contributed by atoms with Crippen molar-refractivity contribution in [2.75, 3.05) is 46.5 Å². The minimum atomic E-state index is 0.0903. The van der Waals surface area contributed by atoms with Crippen molar-refractivity contribution in [3.05, 3.63) is 58.5 Å². The highest BCUT2D eigenvalue weighted by Crippen LogP contribution is 2.54. The number of amides is 2. The molecule has 1 atom stereocenters. The lowest BCUT2D eigenvalue weighted by molar-refractivity contribution is -0.144. The Morgan fingerprint density at radius 2 is 1.73 bits per heavy atom. The summed E-state index contributed by atoms with van der Waals surface area (Å²) in [5.41, 5.74) is 3.48. The third kappa shape index (κ3) is 5.23. The van der Waals surface area contributed by atoms with Crippen molar-refractivity contribution in [3.8, 4) is 5.75 Å². The molecule has 7 rings (SSSR count). The summed E-state index contributed by atoms with van der Waals surface area (Å²) in [6.45, 7) is 9.31. The SMILES string of the molecule is CC1(C)CC1C(=O)N1CC2(CCN(C(=O)c3cncs3)C2)C1.COc1cccc2c(C3CCOCC3)cccc12. The van der Waals surface area contributed by atoms with Gasteiger partial charge in [0.1, 0.15) is 10.6 Å². The van der Waals surface area contributed by atoms with Gasteiger partial charge in [0.15, 0.2) is 0 Å². The third-order valence-corrected chi connectivity index (χ3v) is 10.1. The van der Waals surface area contributed by atoms with E-state index in [1.807, 2.05) is 15.9 Å². The molecular weight excluding hydrogens is 522 g/mol. The molecule has 40 heavy (non-hydrogen) atoms. The summed E-state index contributed by atoms with van der Waals surface area (Å²) < 4.78 is 10.9. The van der Waals surface area contributed by atoms with Gasteiger partial charge in [-0.15, -0.1) is 11.3 Å². The van der Waals surface area contributed by atoms with Crippen LogP contribution in [-0.4, -0.2) is 73.1 Å². The minimum absolute atomic E-state index is 0.0903. The topological polar surface area (TPSA) is 72.0 Å². The second-order valence-corrected chi connectivity index (χ2v) is 13.5. The van der Waals surface area contributed by atoms with E-state index >= 15 is 0 Å². The Labute approximate surface area is 240 Å². The first-order valence-electron chi connectivity index (χ1n) is 14.4. The average Bonchev–Trinajstić information content (AvgIpc) is 3.35. The number of fused-ring (bicyclic) bond motifs is 1. The maximum atomic E-state index is 12.4. The molecule has 7 nitrogen and oxygen atoms in total. The standard InChI is InChI=1S/C16H21N3O2S.C16H18O2/c1-15(2)5-11(15)13(20)19-8-16(9-19)3-4-18(7-16)14(21)12-6-17-10-22-12;1-17-16-7-3-5-14-13(4-2-6-15(14)16)12-8-10-18-11-9-12/h6,10-11H,3-5,7-9H2,1-2H3;2-7,12H,8-11H2,1H3. The van der Waals surface area contributed by atoms with Gasteiger partial charge in [0.2, 0.25) is 5.91 Å². The number of likely N-dealkylation sites (tertiary alicyclic amines) is 2. The highest BCUT2D eigenvalue weighted by molar-refractivity contribution is 7.11. The molecule has 1 spiro atoms. The highest BCUT2D eigenvalue weighted by Gasteiger charge is 2.57. The number of benzene rings is 2. The molecule has 212 valence electrons. The largest absolute Gasteiger partial charge is 0.496 e. The fourth-order valence-corrected chi connectivity index (χ4v) is 7.31. The van der Waals surface area contributed by atoms with Crippen LogP contribution in [0.2, 0.25) is 0 Å². The van der Waals surface area contributed by atoms with E-state index in [1.54, 1.807) is 18.8 Å². The van der Waals surface area contributed by atoms with E-state index in [9.17, 15) is 9.59 Å². The number of aromatic nitrogens is 1. The van der Waals surface area contributed by atoms with Crippen molar-refractivity contribution in [1.29, 1.82) is 0 Å². The molecule has 3 saturated heterocycles. The smallest absolute Gasteiger partial charge is 0.265 e. The van der Waals surface area contributed by atoms with E-state index in [1.165, 1.54) is 27.7 Å². The van der Waals surface area contributed by atoms with Crippen molar-refractivity contribution in [2.24, 2.45) is 16.7 Å². The Hall–Kier alpha value is -2.97. The molecule has 2 aromatic carbocycles. The van der Waals surface area contributed by atoms with Crippen molar-refractivity contribution in [2.45, 2.75) is 45.4 Å².